The molecule has 1 saturated heterocycles. The highest BCUT2D eigenvalue weighted by Crippen LogP contribution is 2.28. The van der Waals surface area contributed by atoms with Crippen molar-refractivity contribution in [2.24, 2.45) is 5.92 Å². The molecule has 6 heteroatoms. The molecule has 1 amide bonds. The lowest BCUT2D eigenvalue weighted by Gasteiger charge is -2.32. The number of amides is 1. The zero-order valence-corrected chi connectivity index (χ0v) is 15.2. The van der Waals surface area contributed by atoms with E-state index in [2.05, 4.69) is 22.2 Å². The lowest BCUT2D eigenvalue weighted by molar-refractivity contribution is -0.129. The molecule has 0 bridgehead atoms. The smallest absolute Gasteiger partial charge is 0.232 e. The van der Waals surface area contributed by atoms with Gasteiger partial charge in [-0.25, -0.2) is 4.98 Å². The number of carbonyl (C=O) groups excluding carboxylic acids is 1. The zero-order valence-electron chi connectivity index (χ0n) is 14.4. The first-order valence-electron chi connectivity index (χ1n) is 8.66. The number of H-pyrrole nitrogens is 1. The SMILES string of the molecule is CNCC1CCN(C(=O)CSC(C)c2nc3ccccc3[nH]2)CC1. The maximum absolute atomic E-state index is 12.4. The lowest BCUT2D eigenvalue weighted by atomic mass is 9.97. The number of para-hydroxylation sites is 2. The second kappa shape index (κ2) is 8.03. The molecule has 24 heavy (non-hydrogen) atoms. The van der Waals surface area contributed by atoms with Gasteiger partial charge in [-0.15, -0.1) is 11.8 Å². The standard InChI is InChI=1S/C18H26N4OS/c1-13(18-20-15-5-3-4-6-16(15)21-18)24-12-17(23)22-9-7-14(8-10-22)11-19-2/h3-6,13-14,19H,7-12H2,1-2H3,(H,20,21). The molecule has 2 N–H and O–H groups in total. The van der Waals surface area contributed by atoms with Crippen LogP contribution in [0, 0.1) is 5.92 Å². The number of benzene rings is 1. The van der Waals surface area contributed by atoms with Gasteiger partial charge in [0.2, 0.25) is 5.91 Å². The van der Waals surface area contributed by atoms with E-state index >= 15 is 0 Å². The Balaban J connectivity index is 1.49. The summed E-state index contributed by atoms with van der Waals surface area (Å²) in [6.07, 6.45) is 2.22. The van der Waals surface area contributed by atoms with Gasteiger partial charge in [0.05, 0.1) is 22.0 Å². The number of carbonyl (C=O) groups is 1. The maximum Gasteiger partial charge on any atom is 0.232 e. The number of nitrogens with one attached hydrogen (secondary N) is 2. The molecule has 1 unspecified atom stereocenters. The number of imidazole rings is 1. The summed E-state index contributed by atoms with van der Waals surface area (Å²) >= 11 is 1.66. The van der Waals surface area contributed by atoms with Gasteiger partial charge in [-0.1, -0.05) is 12.1 Å². The van der Waals surface area contributed by atoms with E-state index < -0.39 is 0 Å². The number of piperidine rings is 1. The molecule has 1 aromatic heterocycles. The minimum absolute atomic E-state index is 0.184. The van der Waals surface area contributed by atoms with Crippen molar-refractivity contribution in [3.63, 3.8) is 0 Å². The molecular formula is C18H26N4OS. The van der Waals surface area contributed by atoms with Crippen LogP contribution in [0.2, 0.25) is 0 Å². The Hall–Kier alpha value is -1.53. The van der Waals surface area contributed by atoms with Gasteiger partial charge in [0.25, 0.3) is 0 Å². The van der Waals surface area contributed by atoms with Crippen LogP contribution in [0.3, 0.4) is 0 Å². The fraction of sp³-hybridized carbons (Fsp3) is 0.556. The van der Waals surface area contributed by atoms with Crippen molar-refractivity contribution in [2.45, 2.75) is 25.0 Å². The van der Waals surface area contributed by atoms with Crippen LogP contribution in [-0.4, -0.2) is 53.2 Å². The monoisotopic (exact) mass is 346 g/mol. The molecule has 1 fully saturated rings. The van der Waals surface area contributed by atoms with Crippen molar-refractivity contribution in [1.82, 2.24) is 20.2 Å². The number of rotatable bonds is 6. The Labute approximate surface area is 147 Å². The Bertz CT molecular complexity index is 645. The van der Waals surface area contributed by atoms with E-state index in [1.54, 1.807) is 11.8 Å². The van der Waals surface area contributed by atoms with Crippen molar-refractivity contribution in [3.05, 3.63) is 30.1 Å². The highest BCUT2D eigenvalue weighted by Gasteiger charge is 2.23. The van der Waals surface area contributed by atoms with Gasteiger partial charge < -0.3 is 15.2 Å². The van der Waals surface area contributed by atoms with Crippen LogP contribution in [0.15, 0.2) is 24.3 Å². The molecular weight excluding hydrogens is 320 g/mol. The Morgan fingerprint density at radius 2 is 2.17 bits per heavy atom. The van der Waals surface area contributed by atoms with Gasteiger partial charge in [0.1, 0.15) is 5.82 Å². The van der Waals surface area contributed by atoms with Crippen LogP contribution in [0.5, 0.6) is 0 Å². The molecule has 2 heterocycles. The molecule has 1 atom stereocenters. The topological polar surface area (TPSA) is 61.0 Å². The molecule has 0 spiro atoms. The average Bonchev–Trinajstić information content (AvgIpc) is 3.04. The predicted molar refractivity (Wildman–Crippen MR) is 100 cm³/mol. The van der Waals surface area contributed by atoms with E-state index in [9.17, 15) is 4.79 Å². The molecule has 2 aromatic rings. The lowest BCUT2D eigenvalue weighted by Crippen LogP contribution is -2.41. The van der Waals surface area contributed by atoms with E-state index in [1.807, 2.05) is 36.2 Å². The highest BCUT2D eigenvalue weighted by molar-refractivity contribution is 8.00. The van der Waals surface area contributed by atoms with E-state index in [0.717, 1.165) is 49.3 Å². The van der Waals surface area contributed by atoms with Crippen molar-refractivity contribution < 1.29 is 4.79 Å². The molecule has 1 aromatic carbocycles. The second-order valence-corrected chi connectivity index (χ2v) is 7.80. The summed E-state index contributed by atoms with van der Waals surface area (Å²) in [7, 11) is 1.99. The Morgan fingerprint density at radius 1 is 1.42 bits per heavy atom. The van der Waals surface area contributed by atoms with Gasteiger partial charge in [-0.2, -0.15) is 0 Å². The van der Waals surface area contributed by atoms with Gasteiger partial charge in [0.15, 0.2) is 0 Å². The van der Waals surface area contributed by atoms with Crippen molar-refractivity contribution in [2.75, 3.05) is 32.4 Å². The maximum atomic E-state index is 12.4. The molecule has 0 radical (unpaired) electrons. The number of likely N-dealkylation sites (tertiary alicyclic amines) is 1. The normalized spacial score (nSPS) is 17.3. The van der Waals surface area contributed by atoms with E-state index in [1.165, 1.54) is 0 Å². The highest BCUT2D eigenvalue weighted by atomic mass is 32.2. The quantitative estimate of drug-likeness (QED) is 0.844. The van der Waals surface area contributed by atoms with Crippen LogP contribution < -0.4 is 5.32 Å². The Kier molecular flexibility index (Phi) is 5.79. The summed E-state index contributed by atoms with van der Waals surface area (Å²) in [6.45, 7) is 4.95. The largest absolute Gasteiger partial charge is 0.342 e. The van der Waals surface area contributed by atoms with Gasteiger partial charge in [0, 0.05) is 13.1 Å². The third kappa shape index (κ3) is 4.11. The summed E-state index contributed by atoms with van der Waals surface area (Å²) in [6, 6.07) is 8.03. The molecule has 1 aliphatic heterocycles. The zero-order chi connectivity index (χ0) is 16.9. The minimum atomic E-state index is 0.184. The number of aromatic amines is 1. The first-order valence-corrected chi connectivity index (χ1v) is 9.71. The number of nitrogens with zero attached hydrogens (tertiary/aromatic N) is 2. The first-order chi connectivity index (χ1) is 11.7. The van der Waals surface area contributed by atoms with Gasteiger partial charge in [-0.05, 0) is 51.4 Å². The van der Waals surface area contributed by atoms with Gasteiger partial charge in [-0.3, -0.25) is 4.79 Å². The first kappa shape index (κ1) is 17.3. The molecule has 3 rings (SSSR count). The third-order valence-corrected chi connectivity index (χ3v) is 5.85. The van der Waals surface area contributed by atoms with E-state index in [4.69, 9.17) is 0 Å². The van der Waals surface area contributed by atoms with Crippen molar-refractivity contribution in [3.8, 4) is 0 Å². The van der Waals surface area contributed by atoms with Gasteiger partial charge >= 0.3 is 0 Å². The van der Waals surface area contributed by atoms with E-state index in [-0.39, 0.29) is 11.2 Å². The number of thioether (sulfide) groups is 1. The third-order valence-electron chi connectivity index (χ3n) is 4.71. The molecule has 0 aliphatic carbocycles. The summed E-state index contributed by atoms with van der Waals surface area (Å²) in [5.41, 5.74) is 2.04. The van der Waals surface area contributed by atoms with Crippen LogP contribution in [-0.2, 0) is 4.79 Å². The molecule has 0 saturated carbocycles. The summed E-state index contributed by atoms with van der Waals surface area (Å²) in [5, 5.41) is 3.42. The van der Waals surface area contributed by atoms with Crippen LogP contribution in [0.25, 0.3) is 11.0 Å². The van der Waals surface area contributed by atoms with Crippen molar-refractivity contribution in [1.29, 1.82) is 0 Å². The fourth-order valence-corrected chi connectivity index (χ4v) is 4.05. The number of fused-ring (bicyclic) bond motifs is 1. The second-order valence-electron chi connectivity index (χ2n) is 6.47. The number of aromatic nitrogens is 2. The number of hydrogen-bond donors (Lipinski definition) is 2. The fourth-order valence-electron chi connectivity index (χ4n) is 3.21. The molecule has 130 valence electrons. The predicted octanol–water partition coefficient (Wildman–Crippen LogP) is 2.82. The van der Waals surface area contributed by atoms with Crippen molar-refractivity contribution >= 4 is 28.7 Å². The minimum Gasteiger partial charge on any atom is -0.342 e. The summed E-state index contributed by atoms with van der Waals surface area (Å²) in [4.78, 5) is 22.4. The van der Waals surface area contributed by atoms with E-state index in [0.29, 0.717) is 11.7 Å². The van der Waals surface area contributed by atoms with Crippen LogP contribution in [0.4, 0.5) is 0 Å². The van der Waals surface area contributed by atoms with Crippen LogP contribution >= 0.6 is 11.8 Å². The molecule has 1 aliphatic rings. The molecule has 5 nitrogen and oxygen atoms in total. The Morgan fingerprint density at radius 3 is 2.88 bits per heavy atom. The summed E-state index contributed by atoms with van der Waals surface area (Å²) < 4.78 is 0. The average molecular weight is 347 g/mol. The number of hydrogen-bond acceptors (Lipinski definition) is 4. The van der Waals surface area contributed by atoms with Crippen LogP contribution in [0.1, 0.15) is 30.8 Å². The summed E-state index contributed by atoms with van der Waals surface area (Å²) in [5.74, 6) is 2.43.